The molecule has 1 aliphatic rings. The van der Waals surface area contributed by atoms with Crippen molar-refractivity contribution in [1.29, 1.82) is 0 Å². The Kier molecular flexibility index (Phi) is 4.77. The summed E-state index contributed by atoms with van der Waals surface area (Å²) in [5.74, 6) is -0.361. The minimum absolute atomic E-state index is 0.0329. The lowest BCUT2D eigenvalue weighted by atomic mass is 10.2. The predicted molar refractivity (Wildman–Crippen MR) is 88.7 cm³/mol. The van der Waals surface area contributed by atoms with Crippen molar-refractivity contribution < 1.29 is 14.7 Å². The number of carbonyl (C=O) groups is 2. The molecule has 2 rings (SSSR count). The lowest BCUT2D eigenvalue weighted by Gasteiger charge is -2.08. The highest BCUT2D eigenvalue weighted by molar-refractivity contribution is 14.1. The van der Waals surface area contributed by atoms with Crippen LogP contribution in [0, 0.1) is 3.57 Å². The maximum absolute atomic E-state index is 12.0. The second kappa shape index (κ2) is 6.19. The van der Waals surface area contributed by atoms with E-state index in [2.05, 4.69) is 6.58 Å². The van der Waals surface area contributed by atoms with Crippen LogP contribution in [-0.2, 0) is 4.79 Å². The van der Waals surface area contributed by atoms with Crippen molar-refractivity contribution in [3.05, 3.63) is 43.8 Å². The van der Waals surface area contributed by atoms with E-state index in [1.165, 1.54) is 12.2 Å². The number of carbonyl (C=O) groups excluding carboxylic acids is 2. The molecular formula is C13H9ClINO3S. The van der Waals surface area contributed by atoms with Gasteiger partial charge < -0.3 is 5.11 Å². The third kappa shape index (κ3) is 3.02. The monoisotopic (exact) mass is 421 g/mol. The summed E-state index contributed by atoms with van der Waals surface area (Å²) in [7, 11) is 0. The standard InChI is InChI=1S/C13H9ClINO3S/c1-2-3-16-12(18)10(20-13(16)19)5-7-4-8(14)6-9(15)11(7)17/h2,4-6,17H,1,3H2/b10-5-. The van der Waals surface area contributed by atoms with Gasteiger partial charge in [0, 0.05) is 17.1 Å². The molecule has 1 aromatic rings. The number of aromatic hydroxyl groups is 1. The molecule has 7 heteroatoms. The van der Waals surface area contributed by atoms with Gasteiger partial charge in [0.1, 0.15) is 5.75 Å². The summed E-state index contributed by atoms with van der Waals surface area (Å²) in [4.78, 5) is 25.1. The largest absolute Gasteiger partial charge is 0.506 e. The molecule has 0 unspecified atom stereocenters. The van der Waals surface area contributed by atoms with Crippen molar-refractivity contribution in [2.75, 3.05) is 6.54 Å². The molecule has 0 bridgehead atoms. The average molecular weight is 422 g/mol. The van der Waals surface area contributed by atoms with Crippen LogP contribution >= 0.6 is 46.0 Å². The molecule has 0 radical (unpaired) electrons. The van der Waals surface area contributed by atoms with Crippen molar-refractivity contribution in [2.45, 2.75) is 0 Å². The summed E-state index contributed by atoms with van der Waals surface area (Å²) in [6.07, 6.45) is 2.95. The van der Waals surface area contributed by atoms with Crippen molar-refractivity contribution in [3.8, 4) is 5.75 Å². The molecule has 0 atom stereocenters. The number of rotatable bonds is 3. The fourth-order valence-corrected chi connectivity index (χ4v) is 3.52. The first-order valence-corrected chi connectivity index (χ1v) is 7.75. The van der Waals surface area contributed by atoms with Gasteiger partial charge in [0.2, 0.25) is 0 Å². The Hall–Kier alpha value is -0.990. The van der Waals surface area contributed by atoms with Gasteiger partial charge in [-0.1, -0.05) is 17.7 Å². The van der Waals surface area contributed by atoms with Gasteiger partial charge in [-0.15, -0.1) is 6.58 Å². The minimum atomic E-state index is -0.394. The SMILES string of the molecule is C=CCN1C(=O)S/C(=C\c2cc(Cl)cc(I)c2O)C1=O. The molecule has 0 spiro atoms. The highest BCUT2D eigenvalue weighted by Gasteiger charge is 2.34. The van der Waals surface area contributed by atoms with Gasteiger partial charge in [-0.05, 0) is 52.6 Å². The molecule has 1 saturated heterocycles. The first-order chi connectivity index (χ1) is 9.43. The number of halogens is 2. The Bertz CT molecular complexity index is 645. The molecule has 1 fully saturated rings. The van der Waals surface area contributed by atoms with E-state index < -0.39 is 5.91 Å². The van der Waals surface area contributed by atoms with Gasteiger partial charge in [0.25, 0.3) is 11.1 Å². The van der Waals surface area contributed by atoms with E-state index >= 15 is 0 Å². The van der Waals surface area contributed by atoms with E-state index in [0.29, 0.717) is 14.2 Å². The molecule has 1 aromatic carbocycles. The number of phenolic OH excluding ortho intramolecular Hbond substituents is 1. The first kappa shape index (κ1) is 15.4. The fourth-order valence-electron chi connectivity index (χ4n) is 1.62. The van der Waals surface area contributed by atoms with E-state index in [0.717, 1.165) is 16.7 Å². The Labute approximate surface area is 138 Å². The van der Waals surface area contributed by atoms with E-state index in [9.17, 15) is 14.7 Å². The topological polar surface area (TPSA) is 57.6 Å². The lowest BCUT2D eigenvalue weighted by Crippen LogP contribution is -2.27. The highest BCUT2D eigenvalue weighted by atomic mass is 127. The third-order valence-corrected chi connectivity index (χ3v) is 4.48. The molecule has 0 saturated carbocycles. The zero-order valence-electron chi connectivity index (χ0n) is 10.1. The predicted octanol–water partition coefficient (Wildman–Crippen LogP) is 3.87. The second-order valence-electron chi connectivity index (χ2n) is 3.91. The molecular weight excluding hydrogens is 413 g/mol. The maximum Gasteiger partial charge on any atom is 0.293 e. The smallest absolute Gasteiger partial charge is 0.293 e. The summed E-state index contributed by atoms with van der Waals surface area (Å²) < 4.78 is 0.576. The summed E-state index contributed by atoms with van der Waals surface area (Å²) in [6, 6.07) is 3.15. The van der Waals surface area contributed by atoms with Gasteiger partial charge in [-0.3, -0.25) is 14.5 Å². The van der Waals surface area contributed by atoms with E-state index in [-0.39, 0.29) is 22.4 Å². The molecule has 1 heterocycles. The molecule has 1 aliphatic heterocycles. The fraction of sp³-hybridized carbons (Fsp3) is 0.0769. The third-order valence-electron chi connectivity index (χ3n) is 2.53. The van der Waals surface area contributed by atoms with Crippen LogP contribution in [0.2, 0.25) is 5.02 Å². The zero-order chi connectivity index (χ0) is 14.9. The number of amides is 2. The molecule has 104 valence electrons. The summed E-state index contributed by atoms with van der Waals surface area (Å²) in [5.41, 5.74) is 0.408. The Balaban J connectivity index is 2.40. The van der Waals surface area contributed by atoms with Gasteiger partial charge in [0.05, 0.1) is 8.48 Å². The number of hydrogen-bond donors (Lipinski definition) is 1. The Morgan fingerprint density at radius 2 is 2.15 bits per heavy atom. The van der Waals surface area contributed by atoms with Gasteiger partial charge in [-0.25, -0.2) is 0 Å². The number of phenols is 1. The number of nitrogens with zero attached hydrogens (tertiary/aromatic N) is 1. The first-order valence-electron chi connectivity index (χ1n) is 5.48. The van der Waals surface area contributed by atoms with Crippen molar-refractivity contribution in [2.24, 2.45) is 0 Å². The number of hydrogen-bond acceptors (Lipinski definition) is 4. The lowest BCUT2D eigenvalue weighted by molar-refractivity contribution is -0.122. The highest BCUT2D eigenvalue weighted by Crippen LogP contribution is 2.36. The molecule has 0 aromatic heterocycles. The molecule has 0 aliphatic carbocycles. The van der Waals surface area contributed by atoms with Crippen LogP contribution in [0.4, 0.5) is 4.79 Å². The van der Waals surface area contributed by atoms with Crippen LogP contribution < -0.4 is 0 Å². The maximum atomic E-state index is 12.0. The van der Waals surface area contributed by atoms with Crippen LogP contribution in [-0.4, -0.2) is 27.7 Å². The molecule has 20 heavy (non-hydrogen) atoms. The second-order valence-corrected chi connectivity index (χ2v) is 6.50. The molecule has 1 N–H and O–H groups in total. The van der Waals surface area contributed by atoms with Crippen molar-refractivity contribution >= 4 is 63.2 Å². The molecule has 2 amide bonds. The normalized spacial score (nSPS) is 17.1. The van der Waals surface area contributed by atoms with Crippen LogP contribution in [0.5, 0.6) is 5.75 Å². The van der Waals surface area contributed by atoms with Crippen molar-refractivity contribution in [3.63, 3.8) is 0 Å². The van der Waals surface area contributed by atoms with Crippen LogP contribution in [0.1, 0.15) is 5.56 Å². The van der Waals surface area contributed by atoms with E-state index in [1.54, 1.807) is 12.1 Å². The van der Waals surface area contributed by atoms with Crippen LogP contribution in [0.3, 0.4) is 0 Å². The Morgan fingerprint density at radius 1 is 1.45 bits per heavy atom. The van der Waals surface area contributed by atoms with E-state index in [1.807, 2.05) is 22.6 Å². The minimum Gasteiger partial charge on any atom is -0.506 e. The zero-order valence-corrected chi connectivity index (χ0v) is 13.8. The summed E-state index contributed by atoms with van der Waals surface area (Å²) >= 11 is 8.70. The van der Waals surface area contributed by atoms with Gasteiger partial charge >= 0.3 is 0 Å². The van der Waals surface area contributed by atoms with Crippen LogP contribution in [0.15, 0.2) is 29.7 Å². The summed E-state index contributed by atoms with van der Waals surface area (Å²) in [5, 5.41) is 10.1. The summed E-state index contributed by atoms with van der Waals surface area (Å²) in [6.45, 7) is 3.67. The van der Waals surface area contributed by atoms with E-state index in [4.69, 9.17) is 11.6 Å². The van der Waals surface area contributed by atoms with Gasteiger partial charge in [0.15, 0.2) is 0 Å². The number of benzene rings is 1. The Morgan fingerprint density at radius 3 is 2.80 bits per heavy atom. The van der Waals surface area contributed by atoms with Crippen LogP contribution in [0.25, 0.3) is 6.08 Å². The number of thioether (sulfide) groups is 1. The average Bonchev–Trinajstić information content (AvgIpc) is 2.63. The number of imide groups is 1. The quantitative estimate of drug-likeness (QED) is 0.457. The molecule has 4 nitrogen and oxygen atoms in total. The van der Waals surface area contributed by atoms with Crippen molar-refractivity contribution in [1.82, 2.24) is 4.90 Å². The van der Waals surface area contributed by atoms with Gasteiger partial charge in [-0.2, -0.15) is 0 Å².